The van der Waals surface area contributed by atoms with Crippen LogP contribution in [-0.2, 0) is 7.05 Å². The molecule has 1 amide bonds. The molecule has 0 saturated heterocycles. The monoisotopic (exact) mass is 305 g/mol. The van der Waals surface area contributed by atoms with Crippen molar-refractivity contribution < 1.29 is 14.6 Å². The molecule has 0 atom stereocenters. The van der Waals surface area contributed by atoms with E-state index in [4.69, 9.17) is 0 Å². The van der Waals surface area contributed by atoms with Crippen LogP contribution in [0.25, 0.3) is 0 Å². The molecule has 2 aromatic rings. The number of nitro groups is 2. The number of nitro benzene ring substituents is 1. The first-order valence-corrected chi connectivity index (χ1v) is 6.05. The highest BCUT2D eigenvalue weighted by Gasteiger charge is 2.29. The lowest BCUT2D eigenvalue weighted by Gasteiger charge is -2.03. The minimum atomic E-state index is -0.885. The summed E-state index contributed by atoms with van der Waals surface area (Å²) in [6.45, 7) is 1.45. The Morgan fingerprint density at radius 1 is 1.23 bits per heavy atom. The second-order valence-electron chi connectivity index (χ2n) is 4.39. The normalized spacial score (nSPS) is 10.3. The smallest absolute Gasteiger partial charge is 0.315 e. The third-order valence-electron chi connectivity index (χ3n) is 3.05. The number of anilines is 1. The van der Waals surface area contributed by atoms with Crippen molar-refractivity contribution in [2.45, 2.75) is 6.92 Å². The van der Waals surface area contributed by atoms with E-state index in [1.807, 2.05) is 0 Å². The zero-order chi connectivity index (χ0) is 16.4. The standard InChI is InChI=1S/C12H11N5O5/c1-7-11(17(21)22)10(14-15(7)2)12(18)13-8-5-3-4-6-9(8)16(19)20/h3-6H,1-2H3,(H,13,18). The fourth-order valence-electron chi connectivity index (χ4n) is 1.89. The second-order valence-corrected chi connectivity index (χ2v) is 4.39. The number of aromatic nitrogens is 2. The van der Waals surface area contributed by atoms with Crippen molar-refractivity contribution in [1.29, 1.82) is 0 Å². The van der Waals surface area contributed by atoms with Crippen LogP contribution in [0.15, 0.2) is 24.3 Å². The molecule has 0 aliphatic carbocycles. The van der Waals surface area contributed by atoms with Gasteiger partial charge in [0.15, 0.2) is 0 Å². The summed E-state index contributed by atoms with van der Waals surface area (Å²) in [5.74, 6) is -0.885. The van der Waals surface area contributed by atoms with Crippen molar-refractivity contribution in [3.8, 4) is 0 Å². The number of hydrogen-bond acceptors (Lipinski definition) is 6. The molecule has 2 rings (SSSR count). The molecule has 0 aliphatic heterocycles. The molecule has 0 spiro atoms. The number of benzene rings is 1. The van der Waals surface area contributed by atoms with E-state index in [2.05, 4.69) is 10.4 Å². The second kappa shape index (κ2) is 5.60. The summed E-state index contributed by atoms with van der Waals surface area (Å²) >= 11 is 0. The van der Waals surface area contributed by atoms with Gasteiger partial charge in [0.2, 0.25) is 5.69 Å². The van der Waals surface area contributed by atoms with Crippen molar-refractivity contribution in [1.82, 2.24) is 9.78 Å². The van der Waals surface area contributed by atoms with E-state index < -0.39 is 27.1 Å². The Labute approximate surface area is 123 Å². The number of amides is 1. The van der Waals surface area contributed by atoms with Crippen LogP contribution in [0.2, 0.25) is 0 Å². The Bertz CT molecular complexity index is 782. The molecule has 1 N–H and O–H groups in total. The summed E-state index contributed by atoms with van der Waals surface area (Å²) in [7, 11) is 1.46. The van der Waals surface area contributed by atoms with E-state index in [9.17, 15) is 25.0 Å². The molecule has 1 aromatic heterocycles. The number of para-hydroxylation sites is 2. The van der Waals surface area contributed by atoms with Crippen LogP contribution in [0.1, 0.15) is 16.2 Å². The predicted molar refractivity (Wildman–Crippen MR) is 75.6 cm³/mol. The third-order valence-corrected chi connectivity index (χ3v) is 3.05. The van der Waals surface area contributed by atoms with Gasteiger partial charge in [0.1, 0.15) is 11.4 Å². The van der Waals surface area contributed by atoms with E-state index in [0.29, 0.717) is 0 Å². The first kappa shape index (κ1) is 15.1. The molecular formula is C12H11N5O5. The van der Waals surface area contributed by atoms with Crippen LogP contribution >= 0.6 is 0 Å². The quantitative estimate of drug-likeness (QED) is 0.676. The largest absolute Gasteiger partial charge is 0.322 e. The summed E-state index contributed by atoms with van der Waals surface area (Å²) < 4.78 is 1.20. The van der Waals surface area contributed by atoms with Gasteiger partial charge >= 0.3 is 5.69 Å². The minimum Gasteiger partial charge on any atom is -0.315 e. The first-order chi connectivity index (χ1) is 10.3. The van der Waals surface area contributed by atoms with Crippen molar-refractivity contribution in [3.05, 3.63) is 55.9 Å². The molecule has 1 aromatic carbocycles. The van der Waals surface area contributed by atoms with E-state index in [1.54, 1.807) is 0 Å². The fraction of sp³-hybridized carbons (Fsp3) is 0.167. The van der Waals surface area contributed by atoms with Crippen LogP contribution in [0.4, 0.5) is 17.1 Å². The molecule has 0 radical (unpaired) electrons. The van der Waals surface area contributed by atoms with Crippen LogP contribution < -0.4 is 5.32 Å². The lowest BCUT2D eigenvalue weighted by atomic mass is 10.2. The summed E-state index contributed by atoms with van der Waals surface area (Å²) in [6, 6.07) is 5.49. The van der Waals surface area contributed by atoms with Gasteiger partial charge < -0.3 is 5.32 Å². The van der Waals surface area contributed by atoms with Crippen LogP contribution in [0.5, 0.6) is 0 Å². The lowest BCUT2D eigenvalue weighted by molar-refractivity contribution is -0.385. The van der Waals surface area contributed by atoms with Crippen molar-refractivity contribution in [2.75, 3.05) is 5.32 Å². The van der Waals surface area contributed by atoms with Gasteiger partial charge in [-0.3, -0.25) is 29.7 Å². The summed E-state index contributed by atoms with van der Waals surface area (Å²) in [5, 5.41) is 28.0. The topological polar surface area (TPSA) is 133 Å². The van der Waals surface area contributed by atoms with Gasteiger partial charge in [-0.05, 0) is 13.0 Å². The van der Waals surface area contributed by atoms with Crippen molar-refractivity contribution in [2.24, 2.45) is 7.05 Å². The maximum Gasteiger partial charge on any atom is 0.322 e. The first-order valence-electron chi connectivity index (χ1n) is 6.05. The van der Waals surface area contributed by atoms with Gasteiger partial charge in [0.05, 0.1) is 9.85 Å². The van der Waals surface area contributed by atoms with Crippen LogP contribution in [0, 0.1) is 27.2 Å². The van der Waals surface area contributed by atoms with Gasteiger partial charge in [-0.2, -0.15) is 5.10 Å². The fourth-order valence-corrected chi connectivity index (χ4v) is 1.89. The Hall–Kier alpha value is -3.30. The Morgan fingerprint density at radius 2 is 1.86 bits per heavy atom. The number of rotatable bonds is 4. The Balaban J connectivity index is 2.41. The lowest BCUT2D eigenvalue weighted by Crippen LogP contribution is -2.15. The molecule has 10 nitrogen and oxygen atoms in total. The zero-order valence-electron chi connectivity index (χ0n) is 11.6. The van der Waals surface area contributed by atoms with Crippen LogP contribution in [-0.4, -0.2) is 25.5 Å². The number of nitrogens with one attached hydrogen (secondary N) is 1. The van der Waals surface area contributed by atoms with E-state index >= 15 is 0 Å². The summed E-state index contributed by atoms with van der Waals surface area (Å²) in [5.41, 5.74) is -0.999. The highest BCUT2D eigenvalue weighted by molar-refractivity contribution is 6.06. The summed E-state index contributed by atoms with van der Waals surface area (Å²) in [4.78, 5) is 32.7. The van der Waals surface area contributed by atoms with Gasteiger partial charge in [0, 0.05) is 13.1 Å². The Kier molecular flexibility index (Phi) is 3.84. The number of aryl methyl sites for hydroxylation is 1. The van der Waals surface area contributed by atoms with E-state index in [-0.39, 0.29) is 17.1 Å². The maximum atomic E-state index is 12.2. The molecule has 0 aliphatic rings. The average molecular weight is 305 g/mol. The zero-order valence-corrected chi connectivity index (χ0v) is 11.6. The van der Waals surface area contributed by atoms with E-state index in [1.165, 1.54) is 42.9 Å². The van der Waals surface area contributed by atoms with Crippen molar-refractivity contribution in [3.63, 3.8) is 0 Å². The Morgan fingerprint density at radius 3 is 2.45 bits per heavy atom. The van der Waals surface area contributed by atoms with Gasteiger partial charge in [0.25, 0.3) is 11.6 Å². The van der Waals surface area contributed by atoms with Gasteiger partial charge in [-0.15, -0.1) is 0 Å². The molecule has 114 valence electrons. The van der Waals surface area contributed by atoms with Gasteiger partial charge in [-0.25, -0.2) is 0 Å². The SMILES string of the molecule is Cc1c([N+](=O)[O-])c(C(=O)Nc2ccccc2[N+](=O)[O-])nn1C. The molecule has 0 fully saturated rings. The third kappa shape index (κ3) is 2.61. The highest BCUT2D eigenvalue weighted by Crippen LogP contribution is 2.26. The minimum absolute atomic E-state index is 0.0601. The molecule has 22 heavy (non-hydrogen) atoms. The van der Waals surface area contributed by atoms with Crippen molar-refractivity contribution >= 4 is 23.0 Å². The number of nitrogens with zero attached hydrogens (tertiary/aromatic N) is 4. The summed E-state index contributed by atoms with van der Waals surface area (Å²) in [6.07, 6.45) is 0. The van der Waals surface area contributed by atoms with Crippen LogP contribution in [0.3, 0.4) is 0 Å². The van der Waals surface area contributed by atoms with E-state index in [0.717, 1.165) is 0 Å². The number of carbonyl (C=O) groups is 1. The molecule has 10 heteroatoms. The molecule has 1 heterocycles. The number of hydrogen-bond donors (Lipinski definition) is 1. The van der Waals surface area contributed by atoms with Gasteiger partial charge in [-0.1, -0.05) is 12.1 Å². The molecule has 0 unspecified atom stereocenters. The highest BCUT2D eigenvalue weighted by atomic mass is 16.6. The molecular weight excluding hydrogens is 294 g/mol. The predicted octanol–water partition coefficient (Wildman–Crippen LogP) is 1.80. The average Bonchev–Trinajstić information content (AvgIpc) is 2.75. The molecule has 0 saturated carbocycles. The molecule has 0 bridgehead atoms. The number of carbonyl (C=O) groups excluding carboxylic acids is 1. The maximum absolute atomic E-state index is 12.2.